The zero-order chi connectivity index (χ0) is 13.9. The van der Waals surface area contributed by atoms with Crippen molar-refractivity contribution in [3.63, 3.8) is 0 Å². The molecule has 3 N–H and O–H groups in total. The van der Waals surface area contributed by atoms with Gasteiger partial charge in [-0.1, -0.05) is 18.3 Å². The van der Waals surface area contributed by atoms with Crippen molar-refractivity contribution < 1.29 is 4.79 Å². The summed E-state index contributed by atoms with van der Waals surface area (Å²) in [5.74, 6) is 7.10. The number of nitrogens with one attached hydrogen (secondary N) is 1. The first-order valence-electron chi connectivity index (χ1n) is 7.22. The van der Waals surface area contributed by atoms with Gasteiger partial charge in [0, 0.05) is 17.8 Å². The van der Waals surface area contributed by atoms with Crippen LogP contribution >= 0.6 is 0 Å². The first-order valence-corrected chi connectivity index (χ1v) is 7.22. The van der Waals surface area contributed by atoms with Gasteiger partial charge in [-0.15, -0.1) is 0 Å². The smallest absolute Gasteiger partial charge is 0.270 e. The molecule has 0 aliphatic heterocycles. The van der Waals surface area contributed by atoms with Crippen LogP contribution in [0.2, 0.25) is 0 Å². The number of carbonyl (C=O) groups is 1. The predicted octanol–water partition coefficient (Wildman–Crippen LogP) is 1.31. The lowest BCUT2D eigenvalue weighted by atomic mass is 9.95. The number of nitrogens with zero attached hydrogens (tertiary/aromatic N) is 1. The summed E-state index contributed by atoms with van der Waals surface area (Å²) in [6.45, 7) is 0.326. The second kappa shape index (κ2) is 5.64. The summed E-state index contributed by atoms with van der Waals surface area (Å²) in [7, 11) is 0. The fraction of sp³-hybridized carbons (Fsp3) is 0.500. The lowest BCUT2D eigenvalue weighted by Gasteiger charge is -2.22. The highest BCUT2D eigenvalue weighted by atomic mass is 16.1. The third-order valence-electron chi connectivity index (χ3n) is 4.39. The van der Waals surface area contributed by atoms with Gasteiger partial charge in [0.15, 0.2) is 0 Å². The molecule has 2 aliphatic carbocycles. The van der Waals surface area contributed by atoms with Crippen LogP contribution in [0.25, 0.3) is 0 Å². The molecular formula is C16H19N3O. The first kappa shape index (κ1) is 13.1. The van der Waals surface area contributed by atoms with Gasteiger partial charge in [0.25, 0.3) is 5.91 Å². The largest absolute Gasteiger partial charge is 0.348 e. The number of fused-ring (bicyclic) bond motifs is 2. The van der Waals surface area contributed by atoms with Gasteiger partial charge in [0.1, 0.15) is 5.69 Å². The van der Waals surface area contributed by atoms with E-state index in [9.17, 15) is 4.79 Å². The molecule has 0 aromatic carbocycles. The van der Waals surface area contributed by atoms with Gasteiger partial charge in [0.05, 0.1) is 6.54 Å². The van der Waals surface area contributed by atoms with Crippen molar-refractivity contribution in [2.24, 2.45) is 17.6 Å². The van der Waals surface area contributed by atoms with Crippen LogP contribution in [-0.2, 0) is 0 Å². The Kier molecular flexibility index (Phi) is 3.70. The van der Waals surface area contributed by atoms with Crippen molar-refractivity contribution in [1.29, 1.82) is 0 Å². The molecule has 1 heterocycles. The number of pyridine rings is 1. The summed E-state index contributed by atoms with van der Waals surface area (Å²) in [6.07, 6.45) is 6.64. The molecule has 2 fully saturated rings. The molecule has 0 radical (unpaired) electrons. The van der Waals surface area contributed by atoms with Crippen LogP contribution in [0.3, 0.4) is 0 Å². The zero-order valence-electron chi connectivity index (χ0n) is 11.4. The van der Waals surface area contributed by atoms with E-state index < -0.39 is 0 Å². The van der Waals surface area contributed by atoms with Crippen LogP contribution in [0.1, 0.15) is 41.7 Å². The first-order chi connectivity index (χ1) is 9.76. The van der Waals surface area contributed by atoms with Crippen molar-refractivity contribution in [1.82, 2.24) is 10.3 Å². The normalized spacial score (nSPS) is 26.9. The van der Waals surface area contributed by atoms with Crippen LogP contribution in [0.15, 0.2) is 18.3 Å². The lowest BCUT2D eigenvalue weighted by Crippen LogP contribution is -2.38. The Morgan fingerprint density at radius 1 is 1.40 bits per heavy atom. The Morgan fingerprint density at radius 3 is 2.90 bits per heavy atom. The fourth-order valence-corrected chi connectivity index (χ4v) is 3.42. The Balaban J connectivity index is 1.62. The standard InChI is InChI=1S/C16H19N3O/c17-7-1-2-11-4-6-14(18-10-11)16(20)19-15-9-12-3-5-13(15)8-12/h4,6,10,12-13,15H,3,5,7-9,17H2,(H,19,20). The molecule has 1 aromatic rings. The van der Waals surface area contributed by atoms with E-state index in [0.29, 0.717) is 24.2 Å². The second-order valence-electron chi connectivity index (χ2n) is 5.69. The van der Waals surface area contributed by atoms with Crippen LogP contribution in [0, 0.1) is 23.7 Å². The average Bonchev–Trinajstić information content (AvgIpc) is 3.08. The minimum atomic E-state index is -0.0686. The maximum Gasteiger partial charge on any atom is 0.270 e. The molecule has 20 heavy (non-hydrogen) atoms. The third kappa shape index (κ3) is 2.68. The molecule has 0 spiro atoms. The molecule has 2 saturated carbocycles. The van der Waals surface area contributed by atoms with E-state index in [2.05, 4.69) is 22.1 Å². The van der Waals surface area contributed by atoms with Crippen molar-refractivity contribution >= 4 is 5.91 Å². The SMILES string of the molecule is NCC#Cc1ccc(C(=O)NC2CC3CCC2C3)nc1. The van der Waals surface area contributed by atoms with Crippen LogP contribution in [-0.4, -0.2) is 23.5 Å². The topological polar surface area (TPSA) is 68.0 Å². The van der Waals surface area contributed by atoms with E-state index in [1.54, 1.807) is 12.3 Å². The van der Waals surface area contributed by atoms with Gasteiger partial charge in [-0.25, -0.2) is 4.98 Å². The molecule has 1 aromatic heterocycles. The number of carbonyl (C=O) groups excluding carboxylic acids is 1. The number of aromatic nitrogens is 1. The minimum Gasteiger partial charge on any atom is -0.348 e. The number of rotatable bonds is 2. The van der Waals surface area contributed by atoms with E-state index in [1.165, 1.54) is 19.3 Å². The Bertz CT molecular complexity index is 555. The fourth-order valence-electron chi connectivity index (χ4n) is 3.42. The Labute approximate surface area is 119 Å². The summed E-state index contributed by atoms with van der Waals surface area (Å²) in [6, 6.07) is 3.88. The molecule has 0 saturated heterocycles. The molecule has 3 atom stereocenters. The molecule has 4 nitrogen and oxygen atoms in total. The van der Waals surface area contributed by atoms with Crippen LogP contribution in [0.4, 0.5) is 0 Å². The van der Waals surface area contributed by atoms with Gasteiger partial charge in [-0.05, 0) is 43.2 Å². The third-order valence-corrected chi connectivity index (χ3v) is 4.39. The van der Waals surface area contributed by atoms with Crippen LogP contribution < -0.4 is 11.1 Å². The quantitative estimate of drug-likeness (QED) is 0.795. The van der Waals surface area contributed by atoms with E-state index in [0.717, 1.165) is 17.9 Å². The van der Waals surface area contributed by atoms with Crippen molar-refractivity contribution in [2.75, 3.05) is 6.54 Å². The number of hydrogen-bond acceptors (Lipinski definition) is 3. The molecule has 104 valence electrons. The highest BCUT2D eigenvalue weighted by molar-refractivity contribution is 5.92. The average molecular weight is 269 g/mol. The van der Waals surface area contributed by atoms with Crippen LogP contribution in [0.5, 0.6) is 0 Å². The monoisotopic (exact) mass is 269 g/mol. The number of amides is 1. The predicted molar refractivity (Wildman–Crippen MR) is 76.9 cm³/mol. The minimum absolute atomic E-state index is 0.0686. The van der Waals surface area contributed by atoms with E-state index in [-0.39, 0.29) is 5.91 Å². The van der Waals surface area contributed by atoms with E-state index in [1.807, 2.05) is 6.07 Å². The van der Waals surface area contributed by atoms with Gasteiger partial charge in [-0.3, -0.25) is 4.79 Å². The summed E-state index contributed by atoms with van der Waals surface area (Å²) in [4.78, 5) is 16.4. The Hall–Kier alpha value is -1.86. The van der Waals surface area contributed by atoms with Gasteiger partial charge < -0.3 is 11.1 Å². The lowest BCUT2D eigenvalue weighted by molar-refractivity contribution is 0.0918. The molecule has 3 rings (SSSR count). The summed E-state index contributed by atoms with van der Waals surface area (Å²) < 4.78 is 0. The van der Waals surface area contributed by atoms with Gasteiger partial charge in [-0.2, -0.15) is 0 Å². The summed E-state index contributed by atoms with van der Waals surface area (Å²) in [5.41, 5.74) is 6.57. The van der Waals surface area contributed by atoms with E-state index >= 15 is 0 Å². The molecule has 3 unspecified atom stereocenters. The van der Waals surface area contributed by atoms with Crippen molar-refractivity contribution in [3.05, 3.63) is 29.6 Å². The molecule has 1 amide bonds. The second-order valence-corrected chi connectivity index (χ2v) is 5.69. The Morgan fingerprint density at radius 2 is 2.30 bits per heavy atom. The molecular weight excluding hydrogens is 250 g/mol. The molecule has 4 heteroatoms. The van der Waals surface area contributed by atoms with Crippen molar-refractivity contribution in [2.45, 2.75) is 31.7 Å². The van der Waals surface area contributed by atoms with E-state index in [4.69, 9.17) is 5.73 Å². The maximum atomic E-state index is 12.2. The summed E-state index contributed by atoms with van der Waals surface area (Å²) >= 11 is 0. The van der Waals surface area contributed by atoms with Gasteiger partial charge >= 0.3 is 0 Å². The molecule has 2 bridgehead atoms. The number of nitrogens with two attached hydrogens (primary N) is 1. The summed E-state index contributed by atoms with van der Waals surface area (Å²) in [5, 5.41) is 3.13. The zero-order valence-corrected chi connectivity index (χ0v) is 11.4. The van der Waals surface area contributed by atoms with Crippen molar-refractivity contribution in [3.8, 4) is 11.8 Å². The van der Waals surface area contributed by atoms with Gasteiger partial charge in [0.2, 0.25) is 0 Å². The highest BCUT2D eigenvalue weighted by Gasteiger charge is 2.40. The number of hydrogen-bond donors (Lipinski definition) is 2. The maximum absolute atomic E-state index is 12.2. The highest BCUT2D eigenvalue weighted by Crippen LogP contribution is 2.44. The molecule has 2 aliphatic rings.